The second-order valence-corrected chi connectivity index (χ2v) is 10.9. The number of hydrogen-bond donors (Lipinski definition) is 1. The first kappa shape index (κ1) is 27.0. The number of alkyl halides is 3. The first-order valence-corrected chi connectivity index (χ1v) is 13.3. The molecule has 1 N–H and O–H groups in total. The lowest BCUT2D eigenvalue weighted by atomic mass is 9.91. The lowest BCUT2D eigenvalue weighted by Crippen LogP contribution is -2.53. The average molecular weight is 570 g/mol. The number of urea groups is 1. The van der Waals surface area contributed by atoms with E-state index in [0.29, 0.717) is 40.2 Å². The van der Waals surface area contributed by atoms with Crippen molar-refractivity contribution in [2.45, 2.75) is 50.0 Å². The Kier molecular flexibility index (Phi) is 6.39. The number of carbonyl (C=O) groups is 3. The topological polar surface area (TPSA) is 87.5 Å². The summed E-state index contributed by atoms with van der Waals surface area (Å²) >= 11 is 0. The van der Waals surface area contributed by atoms with Crippen LogP contribution >= 0.6 is 0 Å². The minimum Gasteiger partial charge on any atom is -0.324 e. The van der Waals surface area contributed by atoms with Crippen LogP contribution in [0, 0.1) is 11.7 Å². The van der Waals surface area contributed by atoms with Crippen LogP contribution in [0.25, 0.3) is 11.3 Å². The molecule has 12 heteroatoms. The molecule has 6 rings (SSSR count). The highest BCUT2D eigenvalue weighted by molar-refractivity contribution is 6.10. The van der Waals surface area contributed by atoms with Gasteiger partial charge in [-0.1, -0.05) is 24.3 Å². The number of amides is 4. The molecule has 0 radical (unpaired) electrons. The van der Waals surface area contributed by atoms with Gasteiger partial charge >= 0.3 is 12.2 Å². The number of imide groups is 1. The number of halogens is 4. The maximum absolute atomic E-state index is 14.2. The van der Waals surface area contributed by atoms with Gasteiger partial charge in [-0.2, -0.15) is 18.3 Å². The van der Waals surface area contributed by atoms with E-state index in [1.807, 2.05) is 18.3 Å². The van der Waals surface area contributed by atoms with Gasteiger partial charge in [0, 0.05) is 25.4 Å². The number of nitrogens with one attached hydrogen (secondary N) is 1. The van der Waals surface area contributed by atoms with Gasteiger partial charge in [0.05, 0.1) is 5.69 Å². The normalized spacial score (nSPS) is 20.9. The van der Waals surface area contributed by atoms with E-state index in [9.17, 15) is 31.9 Å². The molecule has 1 saturated heterocycles. The zero-order valence-electron chi connectivity index (χ0n) is 22.1. The highest BCUT2D eigenvalue weighted by Gasteiger charge is 2.57. The zero-order chi connectivity index (χ0) is 29.1. The lowest BCUT2D eigenvalue weighted by molar-refractivity contribution is -0.196. The van der Waals surface area contributed by atoms with Crippen molar-refractivity contribution in [2.75, 3.05) is 6.54 Å². The van der Waals surface area contributed by atoms with E-state index >= 15 is 0 Å². The Hall–Kier alpha value is -4.22. The molecule has 1 saturated carbocycles. The minimum absolute atomic E-state index is 0.260. The number of benzene rings is 2. The number of nitrogens with zero attached hydrogens (tertiary/aromatic N) is 4. The molecule has 0 bridgehead atoms. The predicted octanol–water partition coefficient (Wildman–Crippen LogP) is 4.29. The Morgan fingerprint density at radius 1 is 1.15 bits per heavy atom. The van der Waals surface area contributed by atoms with Crippen LogP contribution in [0.2, 0.25) is 0 Å². The molecule has 4 amide bonds. The Morgan fingerprint density at radius 3 is 2.51 bits per heavy atom. The highest BCUT2D eigenvalue weighted by atomic mass is 19.4. The molecule has 2 heterocycles. The van der Waals surface area contributed by atoms with Crippen molar-refractivity contribution in [1.29, 1.82) is 0 Å². The fourth-order valence-electron chi connectivity index (χ4n) is 5.99. The molecule has 2 aromatic carbocycles. The van der Waals surface area contributed by atoms with Gasteiger partial charge in [0.2, 0.25) is 5.91 Å². The van der Waals surface area contributed by atoms with Crippen molar-refractivity contribution >= 4 is 17.8 Å². The molecule has 2 fully saturated rings. The second kappa shape index (κ2) is 9.71. The molecule has 1 aliphatic heterocycles. The van der Waals surface area contributed by atoms with Gasteiger partial charge in [-0.15, -0.1) is 0 Å². The average Bonchev–Trinajstić information content (AvgIpc) is 3.47. The van der Waals surface area contributed by atoms with Crippen molar-refractivity contribution < 1.29 is 31.9 Å². The third-order valence-corrected chi connectivity index (χ3v) is 8.14. The summed E-state index contributed by atoms with van der Waals surface area (Å²) in [5.41, 5.74) is 1.95. The molecule has 2 aliphatic carbocycles. The molecule has 1 aromatic heterocycles. The van der Waals surface area contributed by atoms with Crippen LogP contribution in [-0.4, -0.2) is 56.2 Å². The van der Waals surface area contributed by atoms with Crippen molar-refractivity contribution in [2.24, 2.45) is 13.0 Å². The van der Waals surface area contributed by atoms with Gasteiger partial charge in [-0.3, -0.25) is 19.2 Å². The molecular formula is C29H27F4N5O3. The number of rotatable bonds is 7. The molecular weight excluding hydrogens is 542 g/mol. The molecule has 8 nitrogen and oxygen atoms in total. The number of aryl methyl sites for hydroxylation is 2. The van der Waals surface area contributed by atoms with Gasteiger partial charge < -0.3 is 10.2 Å². The van der Waals surface area contributed by atoms with Crippen molar-refractivity contribution in [3.63, 3.8) is 0 Å². The monoisotopic (exact) mass is 569 g/mol. The molecule has 2 atom stereocenters. The SMILES string of the molecule is Cn1ccc(-c2ccc3c(c2)CC[C@]32NC(=O)N(CC(=O)N(Cc3ccc(F)cc3)[C@@H](C3CC3)C(F)(F)F)C2=O)n1. The summed E-state index contributed by atoms with van der Waals surface area (Å²) in [6.45, 7) is -1.28. The third kappa shape index (κ3) is 4.85. The smallest absolute Gasteiger partial charge is 0.324 e. The molecule has 214 valence electrons. The van der Waals surface area contributed by atoms with Crippen LogP contribution in [0.3, 0.4) is 0 Å². The maximum Gasteiger partial charge on any atom is 0.409 e. The fourth-order valence-corrected chi connectivity index (χ4v) is 5.99. The largest absolute Gasteiger partial charge is 0.409 e. The summed E-state index contributed by atoms with van der Waals surface area (Å²) in [6, 6.07) is 9.25. The molecule has 41 heavy (non-hydrogen) atoms. The van der Waals surface area contributed by atoms with E-state index in [1.54, 1.807) is 23.9 Å². The van der Waals surface area contributed by atoms with Crippen molar-refractivity contribution in [3.8, 4) is 11.3 Å². The van der Waals surface area contributed by atoms with E-state index in [2.05, 4.69) is 10.4 Å². The van der Waals surface area contributed by atoms with Crippen LogP contribution < -0.4 is 5.32 Å². The van der Waals surface area contributed by atoms with Gasteiger partial charge in [0.15, 0.2) is 0 Å². The second-order valence-electron chi connectivity index (χ2n) is 10.9. The van der Waals surface area contributed by atoms with Gasteiger partial charge in [-0.25, -0.2) is 9.18 Å². The summed E-state index contributed by atoms with van der Waals surface area (Å²) in [6.07, 6.45) is -1.55. The predicted molar refractivity (Wildman–Crippen MR) is 138 cm³/mol. The lowest BCUT2D eigenvalue weighted by Gasteiger charge is -2.34. The minimum atomic E-state index is -4.72. The van der Waals surface area contributed by atoms with Crippen LogP contribution in [0.15, 0.2) is 54.7 Å². The number of carbonyl (C=O) groups excluding carboxylic acids is 3. The summed E-state index contributed by atoms with van der Waals surface area (Å²) in [4.78, 5) is 41.7. The highest BCUT2D eigenvalue weighted by Crippen LogP contribution is 2.45. The Morgan fingerprint density at radius 2 is 1.88 bits per heavy atom. The zero-order valence-corrected chi connectivity index (χ0v) is 22.1. The number of aromatic nitrogens is 2. The van der Waals surface area contributed by atoms with E-state index < -0.39 is 60.4 Å². The van der Waals surface area contributed by atoms with Crippen molar-refractivity contribution in [3.05, 3.63) is 77.2 Å². The maximum atomic E-state index is 14.2. The molecule has 3 aliphatic rings. The van der Waals surface area contributed by atoms with Crippen LogP contribution in [0.4, 0.5) is 22.4 Å². The van der Waals surface area contributed by atoms with E-state index in [4.69, 9.17) is 0 Å². The van der Waals surface area contributed by atoms with Crippen molar-refractivity contribution in [1.82, 2.24) is 24.9 Å². The van der Waals surface area contributed by atoms with Crippen LogP contribution in [0.5, 0.6) is 0 Å². The van der Waals surface area contributed by atoms with Crippen LogP contribution in [-0.2, 0) is 35.1 Å². The molecule has 1 spiro atoms. The fraction of sp³-hybridized carbons (Fsp3) is 0.379. The summed E-state index contributed by atoms with van der Waals surface area (Å²) in [5.74, 6) is -3.01. The molecule has 3 aromatic rings. The quantitative estimate of drug-likeness (QED) is 0.340. The first-order valence-electron chi connectivity index (χ1n) is 13.3. The number of hydrogen-bond acceptors (Lipinski definition) is 4. The van der Waals surface area contributed by atoms with E-state index in [0.717, 1.165) is 29.0 Å². The van der Waals surface area contributed by atoms with Gasteiger partial charge in [-0.05, 0) is 72.6 Å². The van der Waals surface area contributed by atoms with Gasteiger partial charge in [0.1, 0.15) is 23.9 Å². The summed E-state index contributed by atoms with van der Waals surface area (Å²) in [7, 11) is 1.80. The van der Waals surface area contributed by atoms with Gasteiger partial charge in [0.25, 0.3) is 5.91 Å². The summed E-state index contributed by atoms with van der Waals surface area (Å²) < 4.78 is 57.7. The van der Waals surface area contributed by atoms with E-state index in [-0.39, 0.29) is 6.42 Å². The van der Waals surface area contributed by atoms with E-state index in [1.165, 1.54) is 12.1 Å². The number of fused-ring (bicyclic) bond motifs is 2. The standard InChI is InChI=1S/C29H27F4N5O3/c1-36-13-11-23(35-36)20-6-9-22-19(14-20)10-12-28(22)26(40)38(27(41)34-28)16-24(39)37(15-17-2-7-21(30)8-3-17)25(18-4-5-18)29(31,32)33/h2-3,6-9,11,13-14,18,25H,4-5,10,12,15-16H2,1H3,(H,34,41)/t25-,28-/m0/s1. The Bertz CT molecular complexity index is 1530. The molecule has 0 unspecified atom stereocenters. The van der Waals surface area contributed by atoms with Crippen LogP contribution in [0.1, 0.15) is 36.0 Å². The first-order chi connectivity index (χ1) is 19.5. The summed E-state index contributed by atoms with van der Waals surface area (Å²) in [5, 5.41) is 7.12. The third-order valence-electron chi connectivity index (χ3n) is 8.14. The Balaban J connectivity index is 1.26. The Labute approximate surface area is 232 Å².